The topological polar surface area (TPSA) is 44.5 Å². The molecule has 98 valence electrons. The van der Waals surface area contributed by atoms with E-state index in [-0.39, 0.29) is 5.82 Å². The number of halogens is 1. The fourth-order valence-corrected chi connectivity index (χ4v) is 2.42. The van der Waals surface area contributed by atoms with Crippen molar-refractivity contribution in [2.24, 2.45) is 0 Å². The highest BCUT2D eigenvalue weighted by Crippen LogP contribution is 2.17. The number of nitriles is 1. The summed E-state index contributed by atoms with van der Waals surface area (Å²) in [5, 5.41) is 8.98. The van der Waals surface area contributed by atoms with Crippen LogP contribution in [-0.2, 0) is 6.54 Å². The molecule has 0 saturated carbocycles. The molecule has 0 spiro atoms. The van der Waals surface area contributed by atoms with Crippen LogP contribution in [0.3, 0.4) is 0 Å². The average molecular weight is 283 g/mol. The summed E-state index contributed by atoms with van der Waals surface area (Å²) in [5.41, 5.74) is 3.29. The van der Waals surface area contributed by atoms with Gasteiger partial charge in [0, 0.05) is 0 Å². The first-order valence-corrected chi connectivity index (χ1v) is 6.45. The monoisotopic (exact) mass is 283 g/mol. The molecule has 5 heteroatoms. The fourth-order valence-electron chi connectivity index (χ4n) is 2.15. The van der Waals surface area contributed by atoms with Crippen molar-refractivity contribution in [1.29, 1.82) is 5.26 Å². The number of nitrogens with zero attached hydrogens (tertiary/aromatic N) is 2. The zero-order chi connectivity index (χ0) is 14.1. The van der Waals surface area contributed by atoms with E-state index < -0.39 is 0 Å². The third kappa shape index (κ3) is 2.22. The van der Waals surface area contributed by atoms with Crippen LogP contribution in [0.5, 0.6) is 0 Å². The smallest absolute Gasteiger partial charge is 0.178 e. The molecule has 0 atom stereocenters. The van der Waals surface area contributed by atoms with Crippen molar-refractivity contribution in [1.82, 2.24) is 9.55 Å². The highest BCUT2D eigenvalue weighted by molar-refractivity contribution is 7.71. The van der Waals surface area contributed by atoms with Gasteiger partial charge in [0.2, 0.25) is 0 Å². The van der Waals surface area contributed by atoms with Gasteiger partial charge >= 0.3 is 0 Å². The molecule has 0 radical (unpaired) electrons. The number of benzene rings is 2. The van der Waals surface area contributed by atoms with E-state index in [2.05, 4.69) is 11.1 Å². The Balaban J connectivity index is 2.11. The van der Waals surface area contributed by atoms with Crippen LogP contribution in [0.2, 0.25) is 0 Å². The molecule has 3 nitrogen and oxygen atoms in total. The molecule has 0 saturated heterocycles. The molecule has 0 amide bonds. The molecule has 0 unspecified atom stereocenters. The number of H-pyrrole nitrogens is 1. The number of hydrogen-bond donors (Lipinski definition) is 1. The summed E-state index contributed by atoms with van der Waals surface area (Å²) in [6, 6.07) is 13.8. The lowest BCUT2D eigenvalue weighted by Crippen LogP contribution is -1.99. The van der Waals surface area contributed by atoms with Gasteiger partial charge in [0.15, 0.2) is 4.77 Å². The van der Waals surface area contributed by atoms with E-state index in [1.165, 1.54) is 12.1 Å². The molecule has 20 heavy (non-hydrogen) atoms. The maximum atomic E-state index is 12.9. The lowest BCUT2D eigenvalue weighted by Gasteiger charge is -2.05. The van der Waals surface area contributed by atoms with Crippen LogP contribution in [0.1, 0.15) is 11.1 Å². The van der Waals surface area contributed by atoms with Crippen molar-refractivity contribution in [3.63, 3.8) is 0 Å². The average Bonchev–Trinajstić information content (AvgIpc) is 2.77. The normalized spacial score (nSPS) is 10.6. The van der Waals surface area contributed by atoms with Crippen LogP contribution in [0.4, 0.5) is 4.39 Å². The Labute approximate surface area is 119 Å². The number of nitrogens with one attached hydrogen (secondary N) is 1. The minimum atomic E-state index is -0.261. The molecule has 1 aromatic heterocycles. The van der Waals surface area contributed by atoms with Crippen molar-refractivity contribution < 1.29 is 4.39 Å². The Morgan fingerprint density at radius 3 is 2.65 bits per heavy atom. The number of fused-ring (bicyclic) bond motifs is 1. The lowest BCUT2D eigenvalue weighted by atomic mass is 10.2. The summed E-state index contributed by atoms with van der Waals surface area (Å²) in [7, 11) is 0. The highest BCUT2D eigenvalue weighted by atomic mass is 32.1. The van der Waals surface area contributed by atoms with Gasteiger partial charge in [-0.25, -0.2) is 4.39 Å². The Kier molecular flexibility index (Phi) is 3.09. The van der Waals surface area contributed by atoms with Crippen LogP contribution in [0.15, 0.2) is 42.5 Å². The molecule has 3 aromatic rings. The van der Waals surface area contributed by atoms with Crippen molar-refractivity contribution in [3.05, 3.63) is 64.2 Å². The lowest BCUT2D eigenvalue weighted by molar-refractivity contribution is 0.626. The van der Waals surface area contributed by atoms with E-state index in [0.717, 1.165) is 16.6 Å². The maximum absolute atomic E-state index is 12.9. The van der Waals surface area contributed by atoms with E-state index in [4.69, 9.17) is 17.5 Å². The molecular formula is C15H10FN3S. The minimum Gasteiger partial charge on any atom is -0.331 e. The van der Waals surface area contributed by atoms with Crippen LogP contribution in [-0.4, -0.2) is 9.55 Å². The number of aromatic nitrogens is 2. The van der Waals surface area contributed by atoms with Crippen LogP contribution < -0.4 is 0 Å². The second-order valence-electron chi connectivity index (χ2n) is 4.49. The molecule has 0 aliphatic rings. The number of rotatable bonds is 2. The van der Waals surface area contributed by atoms with E-state index in [9.17, 15) is 4.39 Å². The molecule has 2 aromatic carbocycles. The maximum Gasteiger partial charge on any atom is 0.178 e. The first-order chi connectivity index (χ1) is 9.67. The van der Waals surface area contributed by atoms with Gasteiger partial charge < -0.3 is 9.55 Å². The van der Waals surface area contributed by atoms with E-state index >= 15 is 0 Å². The Morgan fingerprint density at radius 1 is 1.20 bits per heavy atom. The van der Waals surface area contributed by atoms with Gasteiger partial charge in [-0.05, 0) is 48.1 Å². The molecule has 0 fully saturated rings. The van der Waals surface area contributed by atoms with Gasteiger partial charge in [-0.1, -0.05) is 12.1 Å². The Hall–Kier alpha value is -2.45. The zero-order valence-electron chi connectivity index (χ0n) is 10.4. The quantitative estimate of drug-likeness (QED) is 0.728. The largest absolute Gasteiger partial charge is 0.331 e. The van der Waals surface area contributed by atoms with Crippen molar-refractivity contribution in [2.75, 3.05) is 0 Å². The number of aromatic amines is 1. The molecule has 0 aliphatic carbocycles. The van der Waals surface area contributed by atoms with Crippen LogP contribution in [0.25, 0.3) is 11.0 Å². The second-order valence-corrected chi connectivity index (χ2v) is 4.87. The Morgan fingerprint density at radius 2 is 1.95 bits per heavy atom. The number of hydrogen-bond acceptors (Lipinski definition) is 2. The summed E-state index contributed by atoms with van der Waals surface area (Å²) >= 11 is 5.31. The fraction of sp³-hybridized carbons (Fsp3) is 0.0667. The molecule has 0 aliphatic heterocycles. The molecule has 3 rings (SSSR count). The van der Waals surface area contributed by atoms with Crippen molar-refractivity contribution in [3.8, 4) is 6.07 Å². The summed E-state index contributed by atoms with van der Waals surface area (Å²) in [4.78, 5) is 3.10. The molecular weight excluding hydrogens is 273 g/mol. The predicted molar refractivity (Wildman–Crippen MR) is 77.3 cm³/mol. The number of imidazole rings is 1. The summed E-state index contributed by atoms with van der Waals surface area (Å²) in [6.07, 6.45) is 0. The third-order valence-electron chi connectivity index (χ3n) is 3.16. The van der Waals surface area contributed by atoms with Crippen LogP contribution in [0, 0.1) is 21.9 Å². The van der Waals surface area contributed by atoms with E-state index in [0.29, 0.717) is 16.9 Å². The van der Waals surface area contributed by atoms with Crippen molar-refractivity contribution in [2.45, 2.75) is 6.54 Å². The first kappa shape index (κ1) is 12.6. The second kappa shape index (κ2) is 4.91. The summed E-state index contributed by atoms with van der Waals surface area (Å²) in [6.45, 7) is 0.536. The van der Waals surface area contributed by atoms with Gasteiger partial charge in [-0.2, -0.15) is 5.26 Å². The predicted octanol–water partition coefficient (Wildman–Crippen LogP) is 3.76. The highest BCUT2D eigenvalue weighted by Gasteiger charge is 2.06. The third-order valence-corrected chi connectivity index (χ3v) is 3.48. The van der Waals surface area contributed by atoms with Gasteiger partial charge in [-0.3, -0.25) is 0 Å². The van der Waals surface area contributed by atoms with Gasteiger partial charge in [0.05, 0.1) is 29.2 Å². The van der Waals surface area contributed by atoms with Gasteiger partial charge in [-0.15, -0.1) is 0 Å². The zero-order valence-corrected chi connectivity index (χ0v) is 11.2. The van der Waals surface area contributed by atoms with Gasteiger partial charge in [0.25, 0.3) is 0 Å². The van der Waals surface area contributed by atoms with Crippen molar-refractivity contribution >= 4 is 23.3 Å². The van der Waals surface area contributed by atoms with E-state index in [1.807, 2.05) is 10.6 Å². The first-order valence-electron chi connectivity index (χ1n) is 6.04. The minimum absolute atomic E-state index is 0.261. The Bertz CT molecular complexity index is 869. The molecule has 0 bridgehead atoms. The van der Waals surface area contributed by atoms with Crippen LogP contribution >= 0.6 is 12.2 Å². The SMILES string of the molecule is N#Cc1ccc2[nH]c(=S)n(Cc3ccc(F)cc3)c2c1. The summed E-state index contributed by atoms with van der Waals surface area (Å²) < 4.78 is 15.4. The molecule has 1 heterocycles. The van der Waals surface area contributed by atoms with E-state index in [1.54, 1.807) is 24.3 Å². The summed E-state index contributed by atoms with van der Waals surface area (Å²) in [5.74, 6) is -0.261. The molecule has 1 N–H and O–H groups in total. The van der Waals surface area contributed by atoms with Gasteiger partial charge in [0.1, 0.15) is 5.82 Å². The standard InChI is InChI=1S/C15H10FN3S/c16-12-4-1-10(2-5-12)9-19-14-7-11(8-17)3-6-13(14)18-15(19)20/h1-7H,9H2,(H,18,20).